The zero-order valence-electron chi connectivity index (χ0n) is 20.1. The Morgan fingerprint density at radius 3 is 2.61 bits per heavy atom. The maximum atomic E-state index is 12.9. The second-order valence-electron chi connectivity index (χ2n) is 8.43. The Hall–Kier alpha value is -1.66. The highest BCUT2D eigenvalue weighted by atomic mass is 79.9. The number of ether oxygens (including phenoxy) is 2. The molecule has 1 saturated heterocycles. The van der Waals surface area contributed by atoms with Crippen molar-refractivity contribution in [3.05, 3.63) is 49.8 Å². The second-order valence-corrected chi connectivity index (χ2v) is 12.7. The van der Waals surface area contributed by atoms with Crippen molar-refractivity contribution in [1.29, 1.82) is 0 Å². The van der Waals surface area contributed by atoms with Gasteiger partial charge >= 0.3 is 0 Å². The number of nitrogens with one attached hydrogen (secondary N) is 2. The van der Waals surface area contributed by atoms with Gasteiger partial charge in [0.15, 0.2) is 16.7 Å². The topological polar surface area (TPSA) is 85.4 Å². The quantitative estimate of drug-likeness (QED) is 0.218. The summed E-state index contributed by atoms with van der Waals surface area (Å²) in [4.78, 5) is 23.1. The first-order valence-corrected chi connectivity index (χ1v) is 15.0. The van der Waals surface area contributed by atoms with Crippen LogP contribution in [0, 0.1) is 5.92 Å². The number of amides is 1. The Bertz CT molecular complexity index is 1150. The normalized spacial score (nSPS) is 16.4. The minimum Gasteiger partial charge on any atom is -0.493 e. The standard InChI is InChI=1S/C25H28Br2N4O3S2/c1-33-21-6-5-15(8-22(21)34-2)17-12-29-25(30-13-17)35-14-23(32)31-20(16-4-3-7-28-11-16)10-18-9-19(26)24(27)36-18/h5-6,8-9,12-13,16,20,28H,3-4,7,10-11,14H2,1-2H3,(H,31,32). The van der Waals surface area contributed by atoms with Crippen LogP contribution in [0.15, 0.2) is 50.1 Å². The van der Waals surface area contributed by atoms with Crippen molar-refractivity contribution in [2.24, 2.45) is 5.92 Å². The lowest BCUT2D eigenvalue weighted by Crippen LogP contribution is -2.47. The molecule has 11 heteroatoms. The molecule has 7 nitrogen and oxygen atoms in total. The van der Waals surface area contributed by atoms with Crippen molar-refractivity contribution in [1.82, 2.24) is 20.6 Å². The van der Waals surface area contributed by atoms with Gasteiger partial charge in [0.25, 0.3) is 0 Å². The van der Waals surface area contributed by atoms with Gasteiger partial charge in [-0.3, -0.25) is 4.79 Å². The molecule has 192 valence electrons. The third kappa shape index (κ3) is 7.22. The van der Waals surface area contributed by atoms with Crippen LogP contribution in [0.2, 0.25) is 0 Å². The number of aromatic nitrogens is 2. The van der Waals surface area contributed by atoms with E-state index in [4.69, 9.17) is 9.47 Å². The van der Waals surface area contributed by atoms with E-state index in [0.717, 1.165) is 51.7 Å². The Kier molecular flexibility index (Phi) is 10.1. The molecular weight excluding hydrogens is 628 g/mol. The highest BCUT2D eigenvalue weighted by Gasteiger charge is 2.26. The first kappa shape index (κ1) is 27.4. The fourth-order valence-corrected chi connectivity index (χ4v) is 7.03. The first-order valence-electron chi connectivity index (χ1n) is 11.6. The maximum Gasteiger partial charge on any atom is 0.230 e. The third-order valence-corrected chi connectivity index (χ3v) is 10.2. The molecule has 0 radical (unpaired) electrons. The van der Waals surface area contributed by atoms with Crippen LogP contribution in [0.3, 0.4) is 0 Å². The van der Waals surface area contributed by atoms with E-state index < -0.39 is 0 Å². The van der Waals surface area contributed by atoms with E-state index in [0.29, 0.717) is 22.6 Å². The van der Waals surface area contributed by atoms with Crippen LogP contribution in [-0.4, -0.2) is 55.0 Å². The summed E-state index contributed by atoms with van der Waals surface area (Å²) in [6, 6.07) is 7.89. The molecule has 0 saturated carbocycles. The number of methoxy groups -OCH3 is 2. The molecule has 1 aliphatic heterocycles. The lowest BCUT2D eigenvalue weighted by Gasteiger charge is -2.31. The van der Waals surface area contributed by atoms with E-state index >= 15 is 0 Å². The van der Waals surface area contributed by atoms with E-state index in [9.17, 15) is 4.79 Å². The van der Waals surface area contributed by atoms with Crippen molar-refractivity contribution in [2.45, 2.75) is 30.5 Å². The molecule has 0 bridgehead atoms. The molecule has 2 aromatic heterocycles. The van der Waals surface area contributed by atoms with Gasteiger partial charge in [0.2, 0.25) is 5.91 Å². The molecule has 2 unspecified atom stereocenters. The number of nitrogens with zero attached hydrogens (tertiary/aromatic N) is 2. The summed E-state index contributed by atoms with van der Waals surface area (Å²) in [6.07, 6.45) is 6.58. The lowest BCUT2D eigenvalue weighted by atomic mass is 9.89. The average molecular weight is 656 g/mol. The molecule has 1 aliphatic rings. The Morgan fingerprint density at radius 2 is 1.97 bits per heavy atom. The SMILES string of the molecule is COc1ccc(-c2cnc(SCC(=O)NC(Cc3cc(Br)c(Br)s3)C3CCCNC3)nc2)cc1OC. The zero-order chi connectivity index (χ0) is 25.5. The highest BCUT2D eigenvalue weighted by Crippen LogP contribution is 2.34. The first-order chi connectivity index (χ1) is 17.5. The van der Waals surface area contributed by atoms with Gasteiger partial charge in [0.05, 0.1) is 23.8 Å². The molecule has 4 rings (SSSR count). The number of halogens is 2. The van der Waals surface area contributed by atoms with Crippen molar-refractivity contribution < 1.29 is 14.3 Å². The van der Waals surface area contributed by atoms with Gasteiger partial charge in [-0.1, -0.05) is 17.8 Å². The largest absolute Gasteiger partial charge is 0.493 e. The predicted octanol–water partition coefficient (Wildman–Crippen LogP) is 5.57. The van der Waals surface area contributed by atoms with Crippen LogP contribution in [0.4, 0.5) is 0 Å². The fraction of sp³-hybridized carbons (Fsp3) is 0.400. The highest BCUT2D eigenvalue weighted by molar-refractivity contribution is 9.13. The van der Waals surface area contributed by atoms with Gasteiger partial charge in [-0.25, -0.2) is 9.97 Å². The molecule has 3 aromatic rings. The van der Waals surface area contributed by atoms with E-state index in [2.05, 4.69) is 58.5 Å². The minimum absolute atomic E-state index is 0.00201. The van der Waals surface area contributed by atoms with Crippen LogP contribution in [-0.2, 0) is 11.2 Å². The van der Waals surface area contributed by atoms with Crippen LogP contribution in [0.1, 0.15) is 17.7 Å². The van der Waals surface area contributed by atoms with Crippen molar-refractivity contribution in [2.75, 3.05) is 33.1 Å². The van der Waals surface area contributed by atoms with Gasteiger partial charge in [0.1, 0.15) is 0 Å². The van der Waals surface area contributed by atoms with Gasteiger partial charge < -0.3 is 20.1 Å². The Morgan fingerprint density at radius 1 is 1.19 bits per heavy atom. The Balaban J connectivity index is 1.36. The third-order valence-electron chi connectivity index (χ3n) is 6.05. The number of hydrogen-bond acceptors (Lipinski definition) is 8. The monoisotopic (exact) mass is 654 g/mol. The minimum atomic E-state index is -0.00201. The molecule has 1 fully saturated rings. The maximum absolute atomic E-state index is 12.9. The molecule has 2 atom stereocenters. The number of benzene rings is 1. The van der Waals surface area contributed by atoms with Crippen LogP contribution in [0.25, 0.3) is 11.1 Å². The predicted molar refractivity (Wildman–Crippen MR) is 152 cm³/mol. The second kappa shape index (κ2) is 13.2. The summed E-state index contributed by atoms with van der Waals surface area (Å²) < 4.78 is 12.8. The fourth-order valence-electron chi connectivity index (χ4n) is 4.20. The smallest absolute Gasteiger partial charge is 0.230 e. The van der Waals surface area contributed by atoms with E-state index in [-0.39, 0.29) is 17.7 Å². The molecule has 36 heavy (non-hydrogen) atoms. The van der Waals surface area contributed by atoms with E-state index in [1.807, 2.05) is 18.2 Å². The van der Waals surface area contributed by atoms with Gasteiger partial charge in [0, 0.05) is 39.8 Å². The summed E-state index contributed by atoms with van der Waals surface area (Å²) in [5.41, 5.74) is 1.79. The van der Waals surface area contributed by atoms with Crippen molar-refractivity contribution >= 4 is 60.9 Å². The number of thiophene rings is 1. The summed E-state index contributed by atoms with van der Waals surface area (Å²) in [6.45, 7) is 1.96. The van der Waals surface area contributed by atoms with Crippen LogP contribution in [0.5, 0.6) is 11.5 Å². The molecular formula is C25H28Br2N4O3S2. The summed E-state index contributed by atoms with van der Waals surface area (Å²) in [5.74, 6) is 1.99. The van der Waals surface area contributed by atoms with Crippen LogP contribution < -0.4 is 20.1 Å². The molecule has 1 aromatic carbocycles. The van der Waals surface area contributed by atoms with E-state index in [1.165, 1.54) is 16.6 Å². The number of carbonyl (C=O) groups excluding carboxylic acids is 1. The number of rotatable bonds is 10. The lowest BCUT2D eigenvalue weighted by molar-refractivity contribution is -0.119. The average Bonchev–Trinajstić information content (AvgIpc) is 3.23. The van der Waals surface area contributed by atoms with E-state index in [1.54, 1.807) is 38.0 Å². The Labute approximate surface area is 236 Å². The van der Waals surface area contributed by atoms with Gasteiger partial charge in [-0.2, -0.15) is 0 Å². The molecule has 0 aliphatic carbocycles. The van der Waals surface area contributed by atoms with Gasteiger partial charge in [-0.05, 0) is 87.5 Å². The summed E-state index contributed by atoms with van der Waals surface area (Å²) in [5, 5.41) is 7.33. The van der Waals surface area contributed by atoms with Gasteiger partial charge in [-0.15, -0.1) is 11.3 Å². The van der Waals surface area contributed by atoms with Crippen molar-refractivity contribution in [3.63, 3.8) is 0 Å². The molecule has 0 spiro atoms. The zero-order valence-corrected chi connectivity index (χ0v) is 24.9. The number of hydrogen-bond donors (Lipinski definition) is 2. The number of piperidine rings is 1. The molecule has 1 amide bonds. The summed E-state index contributed by atoms with van der Waals surface area (Å²) in [7, 11) is 3.22. The number of thioether (sulfide) groups is 1. The van der Waals surface area contributed by atoms with Crippen LogP contribution >= 0.6 is 55.0 Å². The van der Waals surface area contributed by atoms with Crippen molar-refractivity contribution in [3.8, 4) is 22.6 Å². The molecule has 2 N–H and O–H groups in total. The molecule has 3 heterocycles. The number of carbonyl (C=O) groups is 1. The summed E-state index contributed by atoms with van der Waals surface area (Å²) >= 11 is 10.2.